The van der Waals surface area contributed by atoms with Crippen molar-refractivity contribution >= 4 is 34.5 Å². The maximum absolute atomic E-state index is 12.3. The fourth-order valence-electron chi connectivity index (χ4n) is 3.83. The summed E-state index contributed by atoms with van der Waals surface area (Å²) in [5.41, 5.74) is 4.94. The molecule has 180 valence electrons. The van der Waals surface area contributed by atoms with Gasteiger partial charge in [-0.1, -0.05) is 41.6 Å². The molecule has 0 spiro atoms. The summed E-state index contributed by atoms with van der Waals surface area (Å²) >= 11 is 0. The van der Waals surface area contributed by atoms with Gasteiger partial charge in [0.1, 0.15) is 13.2 Å². The highest BCUT2D eigenvalue weighted by Gasteiger charge is 2.32. The lowest BCUT2D eigenvalue weighted by Crippen LogP contribution is -2.44. The molecule has 8 heteroatoms. The van der Waals surface area contributed by atoms with E-state index >= 15 is 0 Å². The van der Waals surface area contributed by atoms with Gasteiger partial charge >= 0.3 is 5.97 Å². The van der Waals surface area contributed by atoms with E-state index < -0.39 is 5.97 Å². The van der Waals surface area contributed by atoms with Crippen molar-refractivity contribution in [3.8, 4) is 5.75 Å². The van der Waals surface area contributed by atoms with Crippen LogP contribution in [0.5, 0.6) is 5.75 Å². The van der Waals surface area contributed by atoms with E-state index in [-0.39, 0.29) is 11.8 Å². The van der Waals surface area contributed by atoms with Crippen molar-refractivity contribution in [2.24, 2.45) is 10.3 Å². The van der Waals surface area contributed by atoms with E-state index in [9.17, 15) is 4.79 Å². The molecule has 3 aromatic carbocycles. The first-order valence-electron chi connectivity index (χ1n) is 11.2. The molecule has 2 bridgehead atoms. The Morgan fingerprint density at radius 2 is 1.60 bits per heavy atom. The van der Waals surface area contributed by atoms with Crippen LogP contribution in [0.1, 0.15) is 25.0 Å². The molecule has 0 aromatic heterocycles. The van der Waals surface area contributed by atoms with Crippen molar-refractivity contribution < 1.29 is 19.2 Å². The normalized spacial score (nSPS) is 13.8. The van der Waals surface area contributed by atoms with Crippen molar-refractivity contribution in [3.05, 3.63) is 83.9 Å². The molecule has 5 rings (SSSR count). The average Bonchev–Trinajstić information content (AvgIpc) is 2.90. The number of hydroxylamine groups is 1. The van der Waals surface area contributed by atoms with Gasteiger partial charge in [-0.3, -0.25) is 0 Å². The van der Waals surface area contributed by atoms with Gasteiger partial charge in [0.25, 0.3) is 0 Å². The molecule has 0 saturated carbocycles. The summed E-state index contributed by atoms with van der Waals surface area (Å²) in [6, 6.07) is 23.6. The summed E-state index contributed by atoms with van der Waals surface area (Å²) in [4.78, 5) is 23.4. The largest absolute Gasteiger partial charge is 0.464 e. The summed E-state index contributed by atoms with van der Waals surface area (Å²) in [6.45, 7) is 5.90. The number of para-hydroxylation sites is 2. The van der Waals surface area contributed by atoms with Crippen molar-refractivity contribution in [1.82, 2.24) is 0 Å². The van der Waals surface area contributed by atoms with E-state index in [1.165, 1.54) is 14.2 Å². The summed E-state index contributed by atoms with van der Waals surface area (Å²) in [5, 5.41) is 12.5. The maximum atomic E-state index is 12.3. The van der Waals surface area contributed by atoms with Gasteiger partial charge in [0.05, 0.1) is 35.4 Å². The minimum atomic E-state index is -0.603. The first-order chi connectivity index (χ1) is 16.9. The number of carbonyl (C=O) groups is 1. The maximum Gasteiger partial charge on any atom is 0.360 e. The second kappa shape index (κ2) is 10.3. The highest BCUT2D eigenvalue weighted by Crippen LogP contribution is 2.38. The van der Waals surface area contributed by atoms with Crippen LogP contribution in [0.4, 0.5) is 17.1 Å². The number of hydrogen-bond donors (Lipinski definition) is 0. The molecule has 3 aromatic rings. The van der Waals surface area contributed by atoms with Crippen LogP contribution in [0.2, 0.25) is 0 Å². The number of hydrogen-bond acceptors (Lipinski definition) is 8. The standard InChI is InChI=1S/C27H28N4O4/c1-18-16-23-17-24(25(29-34-5)27(32)33-4)26(18)35-31(23)20(3)19(2)28-30(21-12-8-6-9-13-21)22-14-10-7-11-15-22/h6-17,20H,1-5H3. The Balaban J connectivity index is 1.68. The fraction of sp³-hybridized carbons (Fsp3) is 0.222. The van der Waals surface area contributed by atoms with E-state index in [1.807, 2.05) is 98.6 Å². The van der Waals surface area contributed by atoms with Gasteiger partial charge in [-0.25, -0.2) is 14.9 Å². The van der Waals surface area contributed by atoms with Gasteiger partial charge in [0.15, 0.2) is 11.5 Å². The smallest absolute Gasteiger partial charge is 0.360 e. The van der Waals surface area contributed by atoms with Gasteiger partial charge in [-0.2, -0.15) is 5.10 Å². The molecule has 2 heterocycles. The number of hydrazone groups is 1. The van der Waals surface area contributed by atoms with Crippen LogP contribution < -0.4 is 14.9 Å². The van der Waals surface area contributed by atoms with E-state index in [0.717, 1.165) is 28.3 Å². The van der Waals surface area contributed by atoms with Crippen molar-refractivity contribution in [2.45, 2.75) is 26.8 Å². The van der Waals surface area contributed by atoms with Gasteiger partial charge < -0.3 is 14.4 Å². The Morgan fingerprint density at radius 3 is 2.11 bits per heavy atom. The van der Waals surface area contributed by atoms with Crippen molar-refractivity contribution in [2.75, 3.05) is 24.3 Å². The number of esters is 1. The zero-order valence-corrected chi connectivity index (χ0v) is 20.4. The lowest BCUT2D eigenvalue weighted by molar-refractivity contribution is -0.132. The third-order valence-corrected chi connectivity index (χ3v) is 5.74. The molecule has 0 fully saturated rings. The Morgan fingerprint density at radius 1 is 1.00 bits per heavy atom. The van der Waals surface area contributed by atoms with Crippen LogP contribution in [-0.4, -0.2) is 37.7 Å². The molecular formula is C27H28N4O4. The molecule has 0 N–H and O–H groups in total. The van der Waals surface area contributed by atoms with Crippen LogP contribution in [0.15, 0.2) is 83.1 Å². The lowest BCUT2D eigenvalue weighted by Gasteiger charge is -2.36. The number of oxime groups is 1. The zero-order chi connectivity index (χ0) is 24.9. The summed E-state index contributed by atoms with van der Waals surface area (Å²) in [7, 11) is 2.68. The Bertz CT molecular complexity index is 1220. The molecular weight excluding hydrogens is 444 g/mol. The van der Waals surface area contributed by atoms with Crippen LogP contribution in [0.3, 0.4) is 0 Å². The monoisotopic (exact) mass is 472 g/mol. The summed E-state index contributed by atoms with van der Waals surface area (Å²) in [5.74, 6) is -0.0855. The minimum Gasteiger partial charge on any atom is -0.464 e. The minimum absolute atomic E-state index is 0.0481. The SMILES string of the molecule is CON=C(C(=O)OC)c1cc2cc(C)c1ON2C(C)C(C)=NN(c1ccccc1)c1ccccc1. The number of benzene rings is 3. The average molecular weight is 473 g/mol. The molecule has 0 amide bonds. The number of nitrogens with zero attached hydrogens (tertiary/aromatic N) is 4. The predicted octanol–water partition coefficient (Wildman–Crippen LogP) is 5.24. The van der Waals surface area contributed by atoms with E-state index in [1.54, 1.807) is 5.06 Å². The molecule has 0 radical (unpaired) electrons. The van der Waals surface area contributed by atoms with Crippen molar-refractivity contribution in [1.29, 1.82) is 0 Å². The number of carbonyl (C=O) groups excluding carboxylic acids is 1. The van der Waals surface area contributed by atoms with E-state index in [2.05, 4.69) is 5.16 Å². The first-order valence-corrected chi connectivity index (χ1v) is 11.2. The van der Waals surface area contributed by atoms with Gasteiger partial charge in [-0.15, -0.1) is 0 Å². The number of anilines is 3. The molecule has 1 atom stereocenters. The second-order valence-electron chi connectivity index (χ2n) is 8.07. The van der Waals surface area contributed by atoms with Crippen molar-refractivity contribution in [3.63, 3.8) is 0 Å². The topological polar surface area (TPSA) is 76.0 Å². The Labute approximate surface area is 205 Å². The van der Waals surface area contributed by atoms with Crippen LogP contribution in [0.25, 0.3) is 0 Å². The van der Waals surface area contributed by atoms with Gasteiger partial charge in [0, 0.05) is 0 Å². The number of ether oxygens (including phenoxy) is 1. The lowest BCUT2D eigenvalue weighted by atomic mass is 10.0. The molecule has 35 heavy (non-hydrogen) atoms. The van der Waals surface area contributed by atoms with Crippen LogP contribution in [-0.2, 0) is 14.4 Å². The fourth-order valence-corrected chi connectivity index (χ4v) is 3.83. The first kappa shape index (κ1) is 23.8. The number of rotatable bonds is 8. The molecule has 1 unspecified atom stereocenters. The molecule has 0 saturated heterocycles. The van der Waals surface area contributed by atoms with Gasteiger partial charge in [-0.05, 0) is 62.7 Å². The number of fused-ring (bicyclic) bond motifs is 3. The second-order valence-corrected chi connectivity index (χ2v) is 8.07. The molecule has 8 nitrogen and oxygen atoms in total. The van der Waals surface area contributed by atoms with Gasteiger partial charge in [0.2, 0.25) is 0 Å². The highest BCUT2D eigenvalue weighted by molar-refractivity contribution is 6.44. The summed E-state index contributed by atoms with van der Waals surface area (Å²) < 4.78 is 4.87. The molecule has 0 aliphatic carbocycles. The van der Waals surface area contributed by atoms with Crippen LogP contribution in [0, 0.1) is 6.92 Å². The molecule has 2 aliphatic heterocycles. The number of methoxy groups -OCH3 is 1. The van der Waals surface area contributed by atoms with Crippen LogP contribution >= 0.6 is 0 Å². The summed E-state index contributed by atoms with van der Waals surface area (Å²) in [6.07, 6.45) is 0. The number of aryl methyl sites for hydroxylation is 1. The Kier molecular flexibility index (Phi) is 7.01. The zero-order valence-electron chi connectivity index (χ0n) is 20.4. The third kappa shape index (κ3) is 4.82. The predicted molar refractivity (Wildman–Crippen MR) is 137 cm³/mol. The highest BCUT2D eigenvalue weighted by atomic mass is 16.7. The van der Waals surface area contributed by atoms with E-state index in [4.69, 9.17) is 19.5 Å². The third-order valence-electron chi connectivity index (χ3n) is 5.74. The van der Waals surface area contributed by atoms with E-state index in [0.29, 0.717) is 11.3 Å². The Hall–Kier alpha value is -4.33. The quantitative estimate of drug-likeness (QED) is 0.254. The molecule has 2 aliphatic rings.